The monoisotopic (exact) mass is 480 g/mol. The van der Waals surface area contributed by atoms with Crippen molar-refractivity contribution in [1.29, 1.82) is 0 Å². The Hall–Kier alpha value is -3.20. The standard InChI is InChI=1S/C26H32N4O5/c1-26(2)11-16-17(26)12-30(25(35)20-9-14-5-3-4-6-18(14)28-20)22(16)24(34)29-19(21(32)13-31)10-15-7-8-27-23(15)33/h3-6,9,15-17,19,22,28,31H,7-8,10-13H2,1-2H3,(H,27,33)(H,29,34)/t15-,16-,17-,19-,22-/m0/s1. The van der Waals surface area contributed by atoms with Gasteiger partial charge in [0.2, 0.25) is 11.8 Å². The number of H-pyrrole nitrogens is 1. The molecule has 2 aliphatic heterocycles. The lowest BCUT2D eigenvalue weighted by Gasteiger charge is -2.48. The molecule has 2 aromatic rings. The highest BCUT2D eigenvalue weighted by Gasteiger charge is 2.60. The number of ketones is 1. The van der Waals surface area contributed by atoms with Gasteiger partial charge >= 0.3 is 0 Å². The molecule has 1 aromatic heterocycles. The van der Waals surface area contributed by atoms with Crippen LogP contribution in [0.15, 0.2) is 30.3 Å². The second-order valence-corrected chi connectivity index (χ2v) is 10.8. The summed E-state index contributed by atoms with van der Waals surface area (Å²) in [6.07, 6.45) is 1.52. The van der Waals surface area contributed by atoms with Crippen LogP contribution in [0.4, 0.5) is 0 Å². The number of aliphatic hydroxyl groups is 1. The lowest BCUT2D eigenvalue weighted by Crippen LogP contribution is -2.55. The highest BCUT2D eigenvalue weighted by Crippen LogP contribution is 2.57. The van der Waals surface area contributed by atoms with E-state index in [9.17, 15) is 24.3 Å². The Bertz CT molecular complexity index is 1150. The minimum Gasteiger partial charge on any atom is -0.389 e. The number of hydrogen-bond acceptors (Lipinski definition) is 5. The van der Waals surface area contributed by atoms with E-state index in [1.54, 1.807) is 11.0 Å². The van der Waals surface area contributed by atoms with Gasteiger partial charge in [-0.1, -0.05) is 32.0 Å². The van der Waals surface area contributed by atoms with Crippen LogP contribution in [-0.4, -0.2) is 70.3 Å². The summed E-state index contributed by atoms with van der Waals surface area (Å²) in [6.45, 7) is 4.58. The van der Waals surface area contributed by atoms with E-state index in [-0.39, 0.29) is 41.4 Å². The topological polar surface area (TPSA) is 132 Å². The molecule has 0 radical (unpaired) electrons. The Morgan fingerprint density at radius 1 is 1.26 bits per heavy atom. The van der Waals surface area contributed by atoms with Gasteiger partial charge in [0, 0.05) is 29.9 Å². The van der Waals surface area contributed by atoms with Gasteiger partial charge in [0.15, 0.2) is 5.78 Å². The molecule has 4 N–H and O–H groups in total. The third-order valence-electron chi connectivity index (χ3n) is 8.25. The van der Waals surface area contributed by atoms with Gasteiger partial charge < -0.3 is 25.6 Å². The van der Waals surface area contributed by atoms with Crippen LogP contribution in [0.25, 0.3) is 10.9 Å². The molecule has 3 amide bonds. The minimum atomic E-state index is -0.974. The average Bonchev–Trinajstić information content (AvgIpc) is 3.53. The lowest BCUT2D eigenvalue weighted by molar-refractivity contribution is -0.134. The van der Waals surface area contributed by atoms with E-state index in [2.05, 4.69) is 29.5 Å². The summed E-state index contributed by atoms with van der Waals surface area (Å²) in [7, 11) is 0. The van der Waals surface area contributed by atoms with E-state index >= 15 is 0 Å². The van der Waals surface area contributed by atoms with Crippen molar-refractivity contribution in [2.75, 3.05) is 19.7 Å². The van der Waals surface area contributed by atoms with Crippen LogP contribution in [0, 0.1) is 23.2 Å². The number of Topliss-reactive ketones (excluding diaryl/α,β-unsaturated/α-hetero) is 1. The summed E-state index contributed by atoms with van der Waals surface area (Å²) in [5.74, 6) is -1.53. The first kappa shape index (κ1) is 23.5. The summed E-state index contributed by atoms with van der Waals surface area (Å²) < 4.78 is 0. The van der Waals surface area contributed by atoms with Gasteiger partial charge in [0.1, 0.15) is 18.3 Å². The molecular formula is C26H32N4O5. The molecule has 35 heavy (non-hydrogen) atoms. The SMILES string of the molecule is CC1(C)C[C@@H]2[C@@H](C(=O)N[C@@H](C[C@@H]3CCNC3=O)C(=O)CO)N(C(=O)c3cc4ccccc4[nH]3)C[C@@H]21. The third-order valence-corrected chi connectivity index (χ3v) is 8.25. The molecule has 3 fully saturated rings. The van der Waals surface area contributed by atoms with Crippen molar-refractivity contribution in [3.8, 4) is 0 Å². The number of aliphatic hydroxyl groups excluding tert-OH is 1. The molecule has 0 spiro atoms. The highest BCUT2D eigenvalue weighted by atomic mass is 16.3. The third kappa shape index (κ3) is 4.11. The quantitative estimate of drug-likeness (QED) is 0.473. The maximum atomic E-state index is 13.6. The van der Waals surface area contributed by atoms with Crippen molar-refractivity contribution in [1.82, 2.24) is 20.5 Å². The van der Waals surface area contributed by atoms with Crippen molar-refractivity contribution in [2.45, 2.75) is 45.2 Å². The Labute approximate surface area is 203 Å². The van der Waals surface area contributed by atoms with Crippen LogP contribution < -0.4 is 10.6 Å². The van der Waals surface area contributed by atoms with Crippen molar-refractivity contribution >= 4 is 34.4 Å². The smallest absolute Gasteiger partial charge is 0.271 e. The fraction of sp³-hybridized carbons (Fsp3) is 0.538. The Morgan fingerprint density at radius 2 is 2.03 bits per heavy atom. The number of aromatic amines is 1. The fourth-order valence-electron chi connectivity index (χ4n) is 6.27. The molecule has 5 rings (SSSR count). The zero-order chi connectivity index (χ0) is 24.9. The normalized spacial score (nSPS) is 27.7. The van der Waals surface area contributed by atoms with Crippen LogP contribution in [0.2, 0.25) is 0 Å². The second kappa shape index (κ2) is 8.78. The number of carbonyl (C=O) groups is 4. The van der Waals surface area contributed by atoms with E-state index in [1.165, 1.54) is 0 Å². The average molecular weight is 481 g/mol. The maximum Gasteiger partial charge on any atom is 0.271 e. The summed E-state index contributed by atoms with van der Waals surface area (Å²) >= 11 is 0. The molecule has 186 valence electrons. The zero-order valence-electron chi connectivity index (χ0n) is 20.0. The molecule has 1 aromatic carbocycles. The number of amides is 3. The molecule has 1 saturated carbocycles. The van der Waals surface area contributed by atoms with E-state index < -0.39 is 30.4 Å². The second-order valence-electron chi connectivity index (χ2n) is 10.8. The Morgan fingerprint density at radius 3 is 2.69 bits per heavy atom. The minimum absolute atomic E-state index is 0.00186. The Kier molecular flexibility index (Phi) is 5.91. The molecule has 0 unspecified atom stereocenters. The van der Waals surface area contributed by atoms with Gasteiger partial charge in [-0.2, -0.15) is 0 Å². The van der Waals surface area contributed by atoms with Gasteiger partial charge in [-0.3, -0.25) is 19.2 Å². The van der Waals surface area contributed by atoms with E-state index in [1.807, 2.05) is 24.3 Å². The predicted molar refractivity (Wildman–Crippen MR) is 128 cm³/mol. The number of nitrogens with zero attached hydrogens (tertiary/aromatic N) is 1. The number of likely N-dealkylation sites (tertiary alicyclic amines) is 1. The summed E-state index contributed by atoms with van der Waals surface area (Å²) in [5.41, 5.74) is 1.29. The van der Waals surface area contributed by atoms with Crippen molar-refractivity contribution < 1.29 is 24.3 Å². The molecule has 3 aliphatic rings. The summed E-state index contributed by atoms with van der Waals surface area (Å²) in [6, 6.07) is 7.74. The van der Waals surface area contributed by atoms with Crippen LogP contribution in [-0.2, 0) is 14.4 Å². The van der Waals surface area contributed by atoms with Crippen LogP contribution in [0.5, 0.6) is 0 Å². The molecule has 0 bridgehead atoms. The van der Waals surface area contributed by atoms with Crippen LogP contribution in [0.3, 0.4) is 0 Å². The highest BCUT2D eigenvalue weighted by molar-refractivity contribution is 6.01. The van der Waals surface area contributed by atoms with Crippen LogP contribution >= 0.6 is 0 Å². The van der Waals surface area contributed by atoms with E-state index in [4.69, 9.17) is 0 Å². The fourth-order valence-corrected chi connectivity index (χ4v) is 6.27. The summed E-state index contributed by atoms with van der Waals surface area (Å²) in [5, 5.41) is 15.9. The van der Waals surface area contributed by atoms with Gasteiger partial charge in [0.05, 0.1) is 6.04 Å². The number of rotatable bonds is 7. The number of hydrogen-bond donors (Lipinski definition) is 4. The van der Waals surface area contributed by atoms with Crippen LogP contribution in [0.1, 0.15) is 43.6 Å². The van der Waals surface area contributed by atoms with Gasteiger partial charge in [-0.05, 0) is 48.6 Å². The molecule has 9 heteroatoms. The number of benzene rings is 1. The number of carbonyl (C=O) groups excluding carboxylic acids is 4. The largest absolute Gasteiger partial charge is 0.389 e. The first-order chi connectivity index (χ1) is 16.7. The maximum absolute atomic E-state index is 13.6. The number of fused-ring (bicyclic) bond motifs is 2. The van der Waals surface area contributed by atoms with Crippen molar-refractivity contribution in [3.63, 3.8) is 0 Å². The Balaban J connectivity index is 1.39. The van der Waals surface area contributed by atoms with Crippen molar-refractivity contribution in [3.05, 3.63) is 36.0 Å². The zero-order valence-corrected chi connectivity index (χ0v) is 20.0. The molecule has 1 aliphatic carbocycles. The van der Waals surface area contributed by atoms with E-state index in [0.29, 0.717) is 25.2 Å². The molecular weight excluding hydrogens is 448 g/mol. The molecule has 2 saturated heterocycles. The van der Waals surface area contributed by atoms with Gasteiger partial charge in [-0.15, -0.1) is 0 Å². The number of aromatic nitrogens is 1. The first-order valence-corrected chi connectivity index (χ1v) is 12.3. The van der Waals surface area contributed by atoms with Gasteiger partial charge in [0.25, 0.3) is 5.91 Å². The first-order valence-electron chi connectivity index (χ1n) is 12.3. The number of nitrogens with one attached hydrogen (secondary N) is 3. The van der Waals surface area contributed by atoms with E-state index in [0.717, 1.165) is 17.3 Å². The molecule has 3 heterocycles. The predicted octanol–water partition coefficient (Wildman–Crippen LogP) is 1.23. The lowest BCUT2D eigenvalue weighted by atomic mass is 9.55. The molecule has 5 atom stereocenters. The molecule has 9 nitrogen and oxygen atoms in total. The summed E-state index contributed by atoms with van der Waals surface area (Å²) in [4.78, 5) is 56.5. The van der Waals surface area contributed by atoms with Gasteiger partial charge in [-0.25, -0.2) is 0 Å². The number of para-hydroxylation sites is 1. The van der Waals surface area contributed by atoms with Crippen molar-refractivity contribution in [2.24, 2.45) is 23.2 Å².